The normalized spacial score (nSPS) is 30.1. The number of nitrogens with zero attached hydrogens (tertiary/aromatic N) is 3. The SMILES string of the molecule is O=C(N[C@@H]1CN2CCCC[C@@]2(C(=O)N2CCOCC2)C1)c1cn[nH]c1. The topological polar surface area (TPSA) is 90.6 Å². The van der Waals surface area contributed by atoms with Crippen molar-refractivity contribution in [1.82, 2.24) is 25.3 Å². The number of ether oxygens (including phenoxy) is 1. The summed E-state index contributed by atoms with van der Waals surface area (Å²) in [5, 5.41) is 9.57. The minimum Gasteiger partial charge on any atom is -0.378 e. The highest BCUT2D eigenvalue weighted by Crippen LogP contribution is 2.39. The van der Waals surface area contributed by atoms with Gasteiger partial charge in [-0.2, -0.15) is 5.10 Å². The van der Waals surface area contributed by atoms with Crippen LogP contribution in [0.3, 0.4) is 0 Å². The van der Waals surface area contributed by atoms with E-state index in [1.54, 1.807) is 6.20 Å². The minimum absolute atomic E-state index is 0.00881. The zero-order valence-electron chi connectivity index (χ0n) is 14.4. The van der Waals surface area contributed by atoms with Crippen LogP contribution in [0.25, 0.3) is 0 Å². The molecule has 0 saturated carbocycles. The average molecular weight is 347 g/mol. The van der Waals surface area contributed by atoms with Gasteiger partial charge in [0, 0.05) is 31.9 Å². The molecule has 1 aromatic heterocycles. The van der Waals surface area contributed by atoms with Gasteiger partial charge in [0.05, 0.1) is 25.0 Å². The maximum absolute atomic E-state index is 13.3. The first-order chi connectivity index (χ1) is 12.2. The van der Waals surface area contributed by atoms with Crippen molar-refractivity contribution >= 4 is 11.8 Å². The van der Waals surface area contributed by atoms with Gasteiger partial charge in [0.2, 0.25) is 5.91 Å². The Labute approximate surface area is 146 Å². The average Bonchev–Trinajstić information content (AvgIpc) is 3.29. The van der Waals surface area contributed by atoms with E-state index in [0.717, 1.165) is 32.4 Å². The van der Waals surface area contributed by atoms with Crippen LogP contribution in [0, 0.1) is 0 Å². The summed E-state index contributed by atoms with van der Waals surface area (Å²) < 4.78 is 5.39. The lowest BCUT2D eigenvalue weighted by Crippen LogP contribution is -2.60. The number of hydrogen-bond acceptors (Lipinski definition) is 5. The lowest BCUT2D eigenvalue weighted by molar-refractivity contribution is -0.149. The predicted octanol–water partition coefficient (Wildman–Crippen LogP) is -0.00470. The molecular formula is C17H25N5O3. The molecule has 0 aliphatic carbocycles. The summed E-state index contributed by atoms with van der Waals surface area (Å²) in [6.45, 7) is 4.22. The van der Waals surface area contributed by atoms with Gasteiger partial charge >= 0.3 is 0 Å². The van der Waals surface area contributed by atoms with Gasteiger partial charge in [-0.25, -0.2) is 0 Å². The van der Waals surface area contributed by atoms with Gasteiger partial charge < -0.3 is 15.0 Å². The van der Waals surface area contributed by atoms with Crippen LogP contribution in [-0.4, -0.2) is 82.8 Å². The van der Waals surface area contributed by atoms with E-state index < -0.39 is 5.54 Å². The lowest BCUT2D eigenvalue weighted by Gasteiger charge is -2.44. The zero-order valence-corrected chi connectivity index (χ0v) is 14.4. The molecule has 4 heterocycles. The molecule has 0 unspecified atom stereocenters. The molecular weight excluding hydrogens is 322 g/mol. The molecule has 2 amide bonds. The molecule has 3 saturated heterocycles. The first-order valence-corrected chi connectivity index (χ1v) is 9.11. The van der Waals surface area contributed by atoms with E-state index in [-0.39, 0.29) is 17.9 Å². The third-order valence-corrected chi connectivity index (χ3v) is 5.69. The van der Waals surface area contributed by atoms with Crippen molar-refractivity contribution in [3.05, 3.63) is 18.0 Å². The predicted molar refractivity (Wildman–Crippen MR) is 90.0 cm³/mol. The summed E-state index contributed by atoms with van der Waals surface area (Å²) in [6, 6.07) is -0.00881. The van der Waals surface area contributed by atoms with Crippen LogP contribution in [0.4, 0.5) is 0 Å². The van der Waals surface area contributed by atoms with Crippen LogP contribution >= 0.6 is 0 Å². The fraction of sp³-hybridized carbons (Fsp3) is 0.706. The molecule has 3 fully saturated rings. The van der Waals surface area contributed by atoms with Gasteiger partial charge in [-0.3, -0.25) is 19.6 Å². The first kappa shape index (κ1) is 16.5. The van der Waals surface area contributed by atoms with Crippen LogP contribution in [0.1, 0.15) is 36.0 Å². The van der Waals surface area contributed by atoms with Gasteiger partial charge in [0.15, 0.2) is 0 Å². The zero-order chi connectivity index (χ0) is 17.3. The largest absolute Gasteiger partial charge is 0.378 e. The Hall–Kier alpha value is -1.93. The fourth-order valence-electron chi connectivity index (χ4n) is 4.46. The molecule has 4 rings (SSSR count). The van der Waals surface area contributed by atoms with E-state index in [1.807, 2.05) is 4.90 Å². The maximum atomic E-state index is 13.3. The number of H-pyrrole nitrogens is 1. The summed E-state index contributed by atoms with van der Waals surface area (Å²) in [6.07, 6.45) is 6.85. The van der Waals surface area contributed by atoms with Crippen LogP contribution < -0.4 is 5.32 Å². The van der Waals surface area contributed by atoms with Gasteiger partial charge in [0.25, 0.3) is 5.91 Å². The number of hydrogen-bond donors (Lipinski definition) is 2. The number of morpholine rings is 1. The molecule has 0 bridgehead atoms. The van der Waals surface area contributed by atoms with Crippen molar-refractivity contribution < 1.29 is 14.3 Å². The van der Waals surface area contributed by atoms with Gasteiger partial charge in [-0.1, -0.05) is 0 Å². The molecule has 136 valence electrons. The maximum Gasteiger partial charge on any atom is 0.254 e. The van der Waals surface area contributed by atoms with Crippen molar-refractivity contribution in [3.63, 3.8) is 0 Å². The molecule has 2 N–H and O–H groups in total. The Morgan fingerprint density at radius 1 is 1.28 bits per heavy atom. The number of carbonyl (C=O) groups is 2. The van der Waals surface area contributed by atoms with Gasteiger partial charge in [0.1, 0.15) is 5.54 Å². The second kappa shape index (κ2) is 6.76. The number of nitrogens with one attached hydrogen (secondary N) is 2. The molecule has 3 aliphatic heterocycles. The van der Waals surface area contributed by atoms with E-state index >= 15 is 0 Å². The van der Waals surface area contributed by atoms with Crippen LogP contribution in [0.5, 0.6) is 0 Å². The second-order valence-corrected chi connectivity index (χ2v) is 7.20. The lowest BCUT2D eigenvalue weighted by atomic mass is 9.84. The monoisotopic (exact) mass is 347 g/mol. The third-order valence-electron chi connectivity index (χ3n) is 5.69. The molecule has 3 aliphatic rings. The number of amides is 2. The second-order valence-electron chi connectivity index (χ2n) is 7.20. The summed E-state index contributed by atoms with van der Waals surface area (Å²) in [7, 11) is 0. The molecule has 0 spiro atoms. The summed E-state index contributed by atoms with van der Waals surface area (Å²) >= 11 is 0. The van der Waals surface area contributed by atoms with Crippen molar-refractivity contribution in [2.24, 2.45) is 0 Å². The number of aromatic amines is 1. The minimum atomic E-state index is -0.454. The Morgan fingerprint density at radius 3 is 2.88 bits per heavy atom. The van der Waals surface area contributed by atoms with Crippen molar-refractivity contribution in [2.75, 3.05) is 39.4 Å². The van der Waals surface area contributed by atoms with Crippen LogP contribution in [-0.2, 0) is 9.53 Å². The highest BCUT2D eigenvalue weighted by molar-refractivity contribution is 5.94. The highest BCUT2D eigenvalue weighted by Gasteiger charge is 2.53. The Morgan fingerprint density at radius 2 is 2.12 bits per heavy atom. The van der Waals surface area contributed by atoms with Gasteiger partial charge in [-0.15, -0.1) is 0 Å². The number of carbonyl (C=O) groups excluding carboxylic acids is 2. The smallest absolute Gasteiger partial charge is 0.254 e. The fourth-order valence-corrected chi connectivity index (χ4v) is 4.46. The molecule has 1 aromatic rings. The Balaban J connectivity index is 1.49. The van der Waals surface area contributed by atoms with E-state index in [9.17, 15) is 9.59 Å². The van der Waals surface area contributed by atoms with Crippen molar-refractivity contribution in [1.29, 1.82) is 0 Å². The van der Waals surface area contributed by atoms with E-state index in [0.29, 0.717) is 38.3 Å². The molecule has 8 nitrogen and oxygen atoms in total. The van der Waals surface area contributed by atoms with Crippen molar-refractivity contribution in [2.45, 2.75) is 37.3 Å². The Kier molecular flexibility index (Phi) is 4.47. The van der Waals surface area contributed by atoms with Gasteiger partial charge in [-0.05, 0) is 32.2 Å². The molecule has 8 heteroatoms. The summed E-state index contributed by atoms with van der Waals surface area (Å²) in [4.78, 5) is 29.9. The first-order valence-electron chi connectivity index (χ1n) is 9.11. The van der Waals surface area contributed by atoms with Crippen LogP contribution in [0.2, 0.25) is 0 Å². The molecule has 0 radical (unpaired) electrons. The van der Waals surface area contributed by atoms with E-state index in [1.165, 1.54) is 6.20 Å². The molecule has 2 atom stereocenters. The van der Waals surface area contributed by atoms with Crippen molar-refractivity contribution in [3.8, 4) is 0 Å². The molecule has 25 heavy (non-hydrogen) atoms. The highest BCUT2D eigenvalue weighted by atomic mass is 16.5. The quantitative estimate of drug-likeness (QED) is 0.803. The summed E-state index contributed by atoms with van der Waals surface area (Å²) in [5.74, 6) is 0.0862. The standard InChI is InChI=1S/C17H25N5O3/c23-15(13-10-18-19-11-13)20-14-9-17(3-1-2-4-22(17)12-14)16(24)21-5-7-25-8-6-21/h10-11,14H,1-9,12H2,(H,18,19)(H,20,23)/t14-,17-/m0/s1. The summed E-state index contributed by atoms with van der Waals surface area (Å²) in [5.41, 5.74) is 0.0719. The number of piperidine rings is 1. The van der Waals surface area contributed by atoms with Crippen LogP contribution in [0.15, 0.2) is 12.4 Å². The van der Waals surface area contributed by atoms with E-state index in [2.05, 4.69) is 20.4 Å². The number of aromatic nitrogens is 2. The Bertz CT molecular complexity index is 628. The molecule has 0 aromatic carbocycles. The number of rotatable bonds is 3. The number of fused-ring (bicyclic) bond motifs is 1. The van der Waals surface area contributed by atoms with E-state index in [4.69, 9.17) is 4.74 Å². The third kappa shape index (κ3) is 3.04.